The molecule has 150 valence electrons. The molecule has 1 aliphatic heterocycles. The van der Waals surface area contributed by atoms with E-state index in [1.807, 2.05) is 30.3 Å². The lowest BCUT2D eigenvalue weighted by molar-refractivity contribution is -0.121. The van der Waals surface area contributed by atoms with Crippen molar-refractivity contribution in [1.82, 2.24) is 15.5 Å². The van der Waals surface area contributed by atoms with Crippen LogP contribution in [0.5, 0.6) is 0 Å². The number of nitrogens with one attached hydrogen (secondary N) is 2. The Morgan fingerprint density at radius 2 is 1.89 bits per heavy atom. The lowest BCUT2D eigenvalue weighted by atomic mass is 9.98. The molecule has 0 radical (unpaired) electrons. The fourth-order valence-corrected chi connectivity index (χ4v) is 3.16. The van der Waals surface area contributed by atoms with E-state index in [4.69, 9.17) is 4.74 Å². The Kier molecular flexibility index (Phi) is 9.11. The zero-order chi connectivity index (χ0) is 19.5. The average molecular weight is 376 g/mol. The largest absolute Gasteiger partial charge is 0.445 e. The van der Waals surface area contributed by atoms with E-state index in [0.29, 0.717) is 32.0 Å². The number of benzene rings is 1. The molecule has 1 fully saturated rings. The van der Waals surface area contributed by atoms with Crippen LogP contribution in [0.15, 0.2) is 30.3 Å². The molecule has 0 unspecified atom stereocenters. The van der Waals surface area contributed by atoms with E-state index in [9.17, 15) is 9.59 Å². The summed E-state index contributed by atoms with van der Waals surface area (Å²) in [5, 5.41) is 5.68. The van der Waals surface area contributed by atoms with Crippen LogP contribution in [0, 0.1) is 5.92 Å². The molecule has 1 atom stereocenters. The number of piperidine rings is 1. The van der Waals surface area contributed by atoms with Crippen molar-refractivity contribution in [2.24, 2.45) is 5.92 Å². The number of amides is 2. The molecular weight excluding hydrogens is 342 g/mol. The highest BCUT2D eigenvalue weighted by atomic mass is 16.5. The normalized spacial score (nSPS) is 16.5. The fourth-order valence-electron chi connectivity index (χ4n) is 3.16. The number of alkyl carbamates (subject to hydrolysis) is 1. The molecule has 1 heterocycles. The average Bonchev–Trinajstić information content (AvgIpc) is 2.69. The van der Waals surface area contributed by atoms with E-state index < -0.39 is 6.09 Å². The Bertz CT molecular complexity index is 571. The first-order chi connectivity index (χ1) is 13.0. The van der Waals surface area contributed by atoms with Gasteiger partial charge in [0.2, 0.25) is 5.91 Å². The Labute approximate surface area is 162 Å². The van der Waals surface area contributed by atoms with E-state index in [1.165, 1.54) is 12.8 Å². The van der Waals surface area contributed by atoms with Gasteiger partial charge in [-0.15, -0.1) is 0 Å². The third kappa shape index (κ3) is 8.43. The van der Waals surface area contributed by atoms with E-state index in [-0.39, 0.29) is 12.5 Å². The van der Waals surface area contributed by atoms with Crippen molar-refractivity contribution in [3.05, 3.63) is 35.9 Å². The molecule has 1 aromatic rings. The molecule has 0 bridgehead atoms. The molecule has 6 heteroatoms. The smallest absolute Gasteiger partial charge is 0.407 e. The van der Waals surface area contributed by atoms with Crippen molar-refractivity contribution in [3.63, 3.8) is 0 Å². The summed E-state index contributed by atoms with van der Waals surface area (Å²) in [5.74, 6) is 0.849. The first-order valence-corrected chi connectivity index (χ1v) is 10.00. The van der Waals surface area contributed by atoms with Crippen LogP contribution in [0.2, 0.25) is 0 Å². The van der Waals surface area contributed by atoms with Crippen molar-refractivity contribution < 1.29 is 14.3 Å². The first kappa shape index (κ1) is 21.2. The molecular formula is C21H33N3O3. The highest BCUT2D eigenvalue weighted by molar-refractivity contribution is 5.76. The number of likely N-dealkylation sites (tertiary alicyclic amines) is 1. The molecule has 6 nitrogen and oxygen atoms in total. The number of carbonyl (C=O) groups is 2. The summed E-state index contributed by atoms with van der Waals surface area (Å²) >= 11 is 0. The zero-order valence-electron chi connectivity index (χ0n) is 16.6. The van der Waals surface area contributed by atoms with Crippen molar-refractivity contribution in [3.8, 4) is 0 Å². The fraction of sp³-hybridized carbons (Fsp3) is 0.619. The molecule has 1 aliphatic rings. The van der Waals surface area contributed by atoms with Gasteiger partial charge in [-0.2, -0.15) is 0 Å². The number of ether oxygens (including phenoxy) is 1. The minimum atomic E-state index is -0.452. The lowest BCUT2D eigenvalue weighted by Crippen LogP contribution is -2.45. The van der Waals surface area contributed by atoms with Gasteiger partial charge in [-0.3, -0.25) is 9.69 Å². The van der Waals surface area contributed by atoms with Gasteiger partial charge in [0.05, 0.1) is 0 Å². The van der Waals surface area contributed by atoms with Crippen LogP contribution < -0.4 is 10.6 Å². The summed E-state index contributed by atoms with van der Waals surface area (Å²) in [7, 11) is 0. The van der Waals surface area contributed by atoms with E-state index in [2.05, 4.69) is 29.4 Å². The predicted molar refractivity (Wildman–Crippen MR) is 106 cm³/mol. The molecule has 27 heavy (non-hydrogen) atoms. The van der Waals surface area contributed by atoms with Gasteiger partial charge >= 0.3 is 6.09 Å². The van der Waals surface area contributed by atoms with Gasteiger partial charge in [0, 0.05) is 25.6 Å². The maximum atomic E-state index is 12.0. The summed E-state index contributed by atoms with van der Waals surface area (Å²) in [6.45, 7) is 8.07. The van der Waals surface area contributed by atoms with Crippen LogP contribution in [-0.4, -0.2) is 49.1 Å². The van der Waals surface area contributed by atoms with E-state index in [1.54, 1.807) is 0 Å². The van der Waals surface area contributed by atoms with Gasteiger partial charge < -0.3 is 15.4 Å². The van der Waals surface area contributed by atoms with Crippen LogP contribution in [0.25, 0.3) is 0 Å². The Morgan fingerprint density at radius 1 is 1.19 bits per heavy atom. The molecule has 0 saturated carbocycles. The number of hydrogen-bond donors (Lipinski definition) is 2. The van der Waals surface area contributed by atoms with Crippen molar-refractivity contribution in [2.45, 2.75) is 52.2 Å². The van der Waals surface area contributed by atoms with Gasteiger partial charge in [-0.1, -0.05) is 37.3 Å². The third-order valence-corrected chi connectivity index (χ3v) is 5.10. The van der Waals surface area contributed by atoms with Gasteiger partial charge in [0.1, 0.15) is 6.61 Å². The predicted octanol–water partition coefficient (Wildman–Crippen LogP) is 2.93. The highest BCUT2D eigenvalue weighted by Crippen LogP contribution is 2.17. The molecule has 1 aromatic carbocycles. The first-order valence-electron chi connectivity index (χ1n) is 10.00. The summed E-state index contributed by atoms with van der Waals surface area (Å²) in [5.41, 5.74) is 0.948. The summed E-state index contributed by atoms with van der Waals surface area (Å²) in [6, 6.07) is 9.91. The Hall–Kier alpha value is -2.08. The van der Waals surface area contributed by atoms with Crippen LogP contribution in [0.4, 0.5) is 4.79 Å². The summed E-state index contributed by atoms with van der Waals surface area (Å²) < 4.78 is 5.13. The highest BCUT2D eigenvalue weighted by Gasteiger charge is 2.20. The lowest BCUT2D eigenvalue weighted by Gasteiger charge is -2.35. The SMILES string of the molecule is CC1CCN([C@@H](C)CNC(=O)CCCNC(=O)OCc2ccccc2)CC1. The molecule has 0 aromatic heterocycles. The van der Waals surface area contributed by atoms with Crippen LogP contribution in [-0.2, 0) is 16.1 Å². The van der Waals surface area contributed by atoms with Crippen LogP contribution in [0.1, 0.15) is 45.1 Å². The summed E-state index contributed by atoms with van der Waals surface area (Å²) in [6.07, 6.45) is 3.03. The maximum Gasteiger partial charge on any atom is 0.407 e. The second kappa shape index (κ2) is 11.6. The number of nitrogens with zero attached hydrogens (tertiary/aromatic N) is 1. The second-order valence-corrected chi connectivity index (χ2v) is 7.46. The van der Waals surface area contributed by atoms with Gasteiger partial charge in [-0.05, 0) is 50.8 Å². The maximum absolute atomic E-state index is 12.0. The number of rotatable bonds is 9. The number of carbonyl (C=O) groups excluding carboxylic acids is 2. The molecule has 1 saturated heterocycles. The monoisotopic (exact) mass is 375 g/mol. The topological polar surface area (TPSA) is 70.7 Å². The van der Waals surface area contributed by atoms with Gasteiger partial charge in [0.25, 0.3) is 0 Å². The Balaban J connectivity index is 1.49. The molecule has 2 rings (SSSR count). The van der Waals surface area contributed by atoms with Crippen LogP contribution in [0.3, 0.4) is 0 Å². The van der Waals surface area contributed by atoms with Crippen molar-refractivity contribution in [2.75, 3.05) is 26.2 Å². The van der Waals surface area contributed by atoms with Crippen molar-refractivity contribution >= 4 is 12.0 Å². The molecule has 2 amide bonds. The Morgan fingerprint density at radius 3 is 2.59 bits per heavy atom. The van der Waals surface area contributed by atoms with E-state index >= 15 is 0 Å². The number of hydrogen-bond acceptors (Lipinski definition) is 4. The summed E-state index contributed by atoms with van der Waals surface area (Å²) in [4.78, 5) is 26.0. The minimum absolute atomic E-state index is 0.0340. The second-order valence-electron chi connectivity index (χ2n) is 7.46. The van der Waals surface area contributed by atoms with Crippen molar-refractivity contribution in [1.29, 1.82) is 0 Å². The zero-order valence-corrected chi connectivity index (χ0v) is 16.6. The van der Waals surface area contributed by atoms with Gasteiger partial charge in [-0.25, -0.2) is 4.79 Å². The quantitative estimate of drug-likeness (QED) is 0.651. The molecule has 0 aliphatic carbocycles. The molecule has 2 N–H and O–H groups in total. The van der Waals surface area contributed by atoms with E-state index in [0.717, 1.165) is 24.6 Å². The standard InChI is InChI=1S/C21H33N3O3/c1-17-10-13-24(14-11-17)18(2)15-23-20(25)9-6-12-22-21(26)27-16-19-7-4-3-5-8-19/h3-5,7-8,17-18H,6,9-16H2,1-2H3,(H,22,26)(H,23,25)/t18-/m0/s1. The van der Waals surface area contributed by atoms with Gasteiger partial charge in [0.15, 0.2) is 0 Å². The molecule has 0 spiro atoms. The minimum Gasteiger partial charge on any atom is -0.445 e. The third-order valence-electron chi connectivity index (χ3n) is 5.10. The van der Waals surface area contributed by atoms with Crippen LogP contribution >= 0.6 is 0 Å².